The second kappa shape index (κ2) is 9.68. The molecule has 0 radical (unpaired) electrons. The maximum atomic E-state index is 11.5. The average Bonchev–Trinajstić information content (AvgIpc) is 3.05. The van der Waals surface area contributed by atoms with Crippen LogP contribution in [0.15, 0.2) is 48.5 Å². The van der Waals surface area contributed by atoms with Crippen LogP contribution >= 0.6 is 0 Å². The number of aldehydes is 1. The Morgan fingerprint density at radius 3 is 1.71 bits per heavy atom. The Bertz CT molecular complexity index is 743. The molecule has 0 unspecified atom stereocenters. The summed E-state index contributed by atoms with van der Waals surface area (Å²) >= 11 is 0. The van der Waals surface area contributed by atoms with E-state index in [2.05, 4.69) is 0 Å². The number of ether oxygens (including phenoxy) is 5. The van der Waals surface area contributed by atoms with E-state index >= 15 is 0 Å². The Morgan fingerprint density at radius 2 is 1.29 bits per heavy atom. The molecule has 1 heterocycles. The lowest BCUT2D eigenvalue weighted by Gasteiger charge is -2.23. The highest BCUT2D eigenvalue weighted by Gasteiger charge is 2.44. The fourth-order valence-corrected chi connectivity index (χ4v) is 3.21. The predicted molar refractivity (Wildman–Crippen MR) is 104 cm³/mol. The first-order valence-electron chi connectivity index (χ1n) is 9.24. The summed E-state index contributed by atoms with van der Waals surface area (Å²) in [5.74, 6) is 1.58. The van der Waals surface area contributed by atoms with Gasteiger partial charge in [-0.25, -0.2) is 0 Å². The maximum absolute atomic E-state index is 11.5. The Kier molecular flexibility index (Phi) is 7.03. The minimum Gasteiger partial charge on any atom is -0.497 e. The van der Waals surface area contributed by atoms with E-state index in [9.17, 15) is 4.79 Å². The van der Waals surface area contributed by atoms with E-state index in [4.69, 9.17) is 23.7 Å². The third-order valence-electron chi connectivity index (χ3n) is 4.82. The van der Waals surface area contributed by atoms with Crippen molar-refractivity contribution in [3.8, 4) is 11.5 Å². The number of hydrogen-bond donors (Lipinski definition) is 0. The van der Waals surface area contributed by atoms with Gasteiger partial charge in [-0.1, -0.05) is 24.3 Å². The van der Waals surface area contributed by atoms with Crippen LogP contribution < -0.4 is 9.47 Å². The van der Waals surface area contributed by atoms with Gasteiger partial charge in [0.05, 0.1) is 33.5 Å². The van der Waals surface area contributed by atoms with Gasteiger partial charge in [-0.15, -0.1) is 0 Å². The van der Waals surface area contributed by atoms with Gasteiger partial charge in [0.15, 0.2) is 6.29 Å². The first kappa shape index (κ1) is 20.3. The largest absolute Gasteiger partial charge is 0.497 e. The Morgan fingerprint density at radius 1 is 0.821 bits per heavy atom. The zero-order valence-electron chi connectivity index (χ0n) is 16.4. The van der Waals surface area contributed by atoms with Crippen molar-refractivity contribution in [2.75, 3.05) is 14.2 Å². The molecule has 6 nitrogen and oxygen atoms in total. The summed E-state index contributed by atoms with van der Waals surface area (Å²) in [7, 11) is 3.26. The number of carbonyl (C=O) groups is 1. The summed E-state index contributed by atoms with van der Waals surface area (Å²) in [4.78, 5) is 11.5. The van der Waals surface area contributed by atoms with Crippen LogP contribution in [-0.4, -0.2) is 44.9 Å². The van der Waals surface area contributed by atoms with Crippen LogP contribution in [0.25, 0.3) is 0 Å². The molecule has 28 heavy (non-hydrogen) atoms. The standard InChI is InChI=1S/C22H26O6/c1-15-21(26-13-16-4-8-18(24-2)9-5-16)22(20(12-23)28-15)27-14-17-6-10-19(25-3)11-7-17/h4-12,15,20-22H,13-14H2,1-3H3/t15-,20+,21-,22+/m0/s1. The molecule has 1 saturated heterocycles. The molecule has 150 valence electrons. The van der Waals surface area contributed by atoms with E-state index in [1.54, 1.807) is 14.2 Å². The summed E-state index contributed by atoms with van der Waals surface area (Å²) in [6.07, 6.45) is -0.904. The van der Waals surface area contributed by atoms with E-state index < -0.39 is 12.2 Å². The molecule has 0 bridgehead atoms. The topological polar surface area (TPSA) is 63.2 Å². The van der Waals surface area contributed by atoms with Gasteiger partial charge in [-0.3, -0.25) is 0 Å². The van der Waals surface area contributed by atoms with Gasteiger partial charge in [0.1, 0.15) is 29.8 Å². The van der Waals surface area contributed by atoms with Crippen molar-refractivity contribution in [2.45, 2.75) is 44.6 Å². The van der Waals surface area contributed by atoms with E-state index in [0.29, 0.717) is 13.2 Å². The molecule has 2 aromatic carbocycles. The summed E-state index contributed by atoms with van der Waals surface area (Å²) < 4.78 is 28.2. The lowest BCUT2D eigenvalue weighted by Crippen LogP contribution is -2.37. The third kappa shape index (κ3) is 4.90. The molecule has 0 aromatic heterocycles. The molecule has 0 spiro atoms. The Balaban J connectivity index is 1.62. The molecular formula is C22H26O6. The Labute approximate surface area is 165 Å². The fourth-order valence-electron chi connectivity index (χ4n) is 3.21. The third-order valence-corrected chi connectivity index (χ3v) is 4.82. The van der Waals surface area contributed by atoms with Crippen LogP contribution in [0.5, 0.6) is 11.5 Å². The van der Waals surface area contributed by atoms with Crippen molar-refractivity contribution in [1.29, 1.82) is 0 Å². The number of carbonyl (C=O) groups excluding carboxylic acids is 1. The Hall–Kier alpha value is -2.41. The van der Waals surface area contributed by atoms with Gasteiger partial charge >= 0.3 is 0 Å². The van der Waals surface area contributed by atoms with E-state index in [1.165, 1.54) is 0 Å². The summed E-state index contributed by atoms with van der Waals surface area (Å²) in [5.41, 5.74) is 2.00. The molecule has 0 saturated carbocycles. The van der Waals surface area contributed by atoms with Crippen molar-refractivity contribution in [2.24, 2.45) is 0 Å². The van der Waals surface area contributed by atoms with Gasteiger partial charge in [0.25, 0.3) is 0 Å². The first-order valence-corrected chi connectivity index (χ1v) is 9.24. The van der Waals surface area contributed by atoms with Gasteiger partial charge < -0.3 is 28.5 Å². The molecule has 0 aliphatic carbocycles. The molecule has 2 aromatic rings. The molecule has 3 rings (SSSR count). The molecule has 1 aliphatic rings. The van der Waals surface area contributed by atoms with Gasteiger partial charge in [0.2, 0.25) is 0 Å². The van der Waals surface area contributed by atoms with Crippen molar-refractivity contribution in [3.05, 3.63) is 59.7 Å². The zero-order valence-corrected chi connectivity index (χ0v) is 16.4. The minimum atomic E-state index is -0.644. The van der Waals surface area contributed by atoms with Crippen LogP contribution in [0, 0.1) is 0 Å². The number of benzene rings is 2. The summed E-state index contributed by atoms with van der Waals surface area (Å²) in [6, 6.07) is 15.3. The SMILES string of the molecule is COc1ccc(CO[C@@H]2[C@H](OCc3ccc(OC)cc3)[C@@H](C=O)O[C@H]2C)cc1. The first-order chi connectivity index (χ1) is 13.6. The highest BCUT2D eigenvalue weighted by molar-refractivity contribution is 5.58. The van der Waals surface area contributed by atoms with E-state index in [-0.39, 0.29) is 12.2 Å². The second-order valence-electron chi connectivity index (χ2n) is 6.69. The van der Waals surface area contributed by atoms with Crippen molar-refractivity contribution >= 4 is 6.29 Å². The maximum Gasteiger partial charge on any atom is 0.151 e. The summed E-state index contributed by atoms with van der Waals surface area (Å²) in [6.45, 7) is 2.65. The van der Waals surface area contributed by atoms with Crippen LogP contribution in [0.4, 0.5) is 0 Å². The van der Waals surface area contributed by atoms with Crippen molar-refractivity contribution in [1.82, 2.24) is 0 Å². The number of rotatable bonds is 9. The average molecular weight is 386 g/mol. The molecular weight excluding hydrogens is 360 g/mol. The minimum absolute atomic E-state index is 0.241. The monoisotopic (exact) mass is 386 g/mol. The van der Waals surface area contributed by atoms with Gasteiger partial charge in [-0.05, 0) is 42.3 Å². The van der Waals surface area contributed by atoms with Crippen molar-refractivity contribution < 1.29 is 28.5 Å². The lowest BCUT2D eigenvalue weighted by atomic mass is 10.1. The smallest absolute Gasteiger partial charge is 0.151 e. The predicted octanol–water partition coefficient (Wildman–Crippen LogP) is 3.16. The molecule has 1 aliphatic heterocycles. The number of hydrogen-bond acceptors (Lipinski definition) is 6. The molecule has 6 heteroatoms. The summed E-state index contributed by atoms with van der Waals surface area (Å²) in [5, 5.41) is 0. The fraction of sp³-hybridized carbons (Fsp3) is 0.409. The lowest BCUT2D eigenvalue weighted by molar-refractivity contribution is -0.124. The quantitative estimate of drug-likeness (QED) is 0.617. The van der Waals surface area contributed by atoms with Gasteiger partial charge in [0, 0.05) is 0 Å². The highest BCUT2D eigenvalue weighted by Crippen LogP contribution is 2.28. The van der Waals surface area contributed by atoms with Crippen LogP contribution in [0.2, 0.25) is 0 Å². The van der Waals surface area contributed by atoms with E-state index in [1.807, 2.05) is 55.5 Å². The molecule has 1 fully saturated rings. The zero-order chi connectivity index (χ0) is 19.9. The normalized spacial score (nSPS) is 24.1. The van der Waals surface area contributed by atoms with Crippen molar-refractivity contribution in [3.63, 3.8) is 0 Å². The number of methoxy groups -OCH3 is 2. The molecule has 0 N–H and O–H groups in total. The second-order valence-corrected chi connectivity index (χ2v) is 6.69. The highest BCUT2D eigenvalue weighted by atomic mass is 16.6. The molecule has 4 atom stereocenters. The van der Waals surface area contributed by atoms with E-state index in [0.717, 1.165) is 28.9 Å². The van der Waals surface area contributed by atoms with Crippen LogP contribution in [-0.2, 0) is 32.2 Å². The van der Waals surface area contributed by atoms with Gasteiger partial charge in [-0.2, -0.15) is 0 Å². The van der Waals surface area contributed by atoms with Crippen LogP contribution in [0.1, 0.15) is 18.1 Å². The van der Waals surface area contributed by atoms with Crippen LogP contribution in [0.3, 0.4) is 0 Å². The molecule has 0 amide bonds.